The quantitative estimate of drug-likeness (QED) is 0.854. The van der Waals surface area contributed by atoms with Gasteiger partial charge < -0.3 is 24.1 Å². The molecule has 0 saturated heterocycles. The average Bonchev–Trinajstić information content (AvgIpc) is 2.88. The molecule has 120 valence electrons. The van der Waals surface area contributed by atoms with Gasteiger partial charge in [-0.3, -0.25) is 0 Å². The van der Waals surface area contributed by atoms with Crippen LogP contribution in [0.3, 0.4) is 0 Å². The Morgan fingerprint density at radius 1 is 1.23 bits per heavy atom. The van der Waals surface area contributed by atoms with Crippen LogP contribution in [-0.2, 0) is 9.47 Å². The third kappa shape index (κ3) is 3.99. The predicted molar refractivity (Wildman–Crippen MR) is 85.3 cm³/mol. The Morgan fingerprint density at radius 3 is 2.55 bits per heavy atom. The Balaban J connectivity index is 2.12. The molecule has 0 bridgehead atoms. The second-order valence-electron chi connectivity index (χ2n) is 4.98. The number of aryl methyl sites for hydroxylation is 1. The van der Waals surface area contributed by atoms with Gasteiger partial charge in [-0.2, -0.15) is 0 Å². The molecule has 2 amide bonds. The second-order valence-corrected chi connectivity index (χ2v) is 4.98. The molecule has 0 aliphatic heterocycles. The first kappa shape index (κ1) is 16.3. The summed E-state index contributed by atoms with van der Waals surface area (Å²) in [6.07, 6.45) is 0. The number of carbonyl (C=O) groups excluding carboxylic acids is 1. The van der Waals surface area contributed by atoms with Crippen molar-refractivity contribution in [2.24, 2.45) is 0 Å². The van der Waals surface area contributed by atoms with E-state index in [0.29, 0.717) is 37.6 Å². The number of urea groups is 1. The molecule has 0 spiro atoms. The van der Waals surface area contributed by atoms with Gasteiger partial charge in [-0.15, -0.1) is 0 Å². The van der Waals surface area contributed by atoms with E-state index in [1.165, 1.54) is 0 Å². The van der Waals surface area contributed by atoms with Crippen LogP contribution in [0.4, 0.5) is 10.5 Å². The third-order valence-electron chi connectivity index (χ3n) is 3.33. The molecule has 1 N–H and O–H groups in total. The van der Waals surface area contributed by atoms with Gasteiger partial charge in [0.15, 0.2) is 5.58 Å². The summed E-state index contributed by atoms with van der Waals surface area (Å²) < 4.78 is 15.7. The lowest BCUT2D eigenvalue weighted by molar-refractivity contribution is 0.127. The number of nitrogens with zero attached hydrogens (tertiary/aromatic N) is 1. The maximum absolute atomic E-state index is 12.4. The molecule has 0 aliphatic rings. The fraction of sp³-hybridized carbons (Fsp3) is 0.438. The van der Waals surface area contributed by atoms with Crippen LogP contribution in [-0.4, -0.2) is 51.5 Å². The topological polar surface area (TPSA) is 63.9 Å². The molecule has 0 fully saturated rings. The smallest absolute Gasteiger partial charge is 0.322 e. The molecule has 1 aromatic carbocycles. The number of fused-ring (bicyclic) bond motifs is 1. The fourth-order valence-corrected chi connectivity index (χ4v) is 2.20. The van der Waals surface area contributed by atoms with E-state index in [1.54, 1.807) is 19.1 Å². The van der Waals surface area contributed by atoms with Crippen molar-refractivity contribution in [1.82, 2.24) is 4.90 Å². The van der Waals surface area contributed by atoms with Gasteiger partial charge in [-0.1, -0.05) is 12.1 Å². The zero-order valence-corrected chi connectivity index (χ0v) is 13.2. The standard InChI is InChI=1S/C16H22N2O4/c1-12-11-13-5-4-6-14(15(13)22-12)17-16(19)18(7-9-20-2)8-10-21-3/h4-6,11H,7-10H2,1-3H3,(H,17,19). The lowest BCUT2D eigenvalue weighted by atomic mass is 10.2. The van der Waals surface area contributed by atoms with Gasteiger partial charge in [0, 0.05) is 32.7 Å². The lowest BCUT2D eigenvalue weighted by Crippen LogP contribution is -2.39. The van der Waals surface area contributed by atoms with Gasteiger partial charge in [0.05, 0.1) is 18.9 Å². The van der Waals surface area contributed by atoms with Crippen molar-refractivity contribution in [2.45, 2.75) is 6.92 Å². The van der Waals surface area contributed by atoms with Crippen molar-refractivity contribution in [2.75, 3.05) is 45.8 Å². The maximum atomic E-state index is 12.4. The van der Waals surface area contributed by atoms with Crippen molar-refractivity contribution in [1.29, 1.82) is 0 Å². The highest BCUT2D eigenvalue weighted by molar-refractivity contribution is 5.99. The molecule has 0 atom stereocenters. The van der Waals surface area contributed by atoms with Crippen molar-refractivity contribution in [3.8, 4) is 0 Å². The number of anilines is 1. The van der Waals surface area contributed by atoms with Crippen LogP contribution < -0.4 is 5.32 Å². The Labute approximate surface area is 130 Å². The predicted octanol–water partition coefficient (Wildman–Crippen LogP) is 2.87. The zero-order chi connectivity index (χ0) is 15.9. The first-order valence-electron chi connectivity index (χ1n) is 7.18. The van der Waals surface area contributed by atoms with Crippen molar-refractivity contribution in [3.63, 3.8) is 0 Å². The molecular weight excluding hydrogens is 284 g/mol. The van der Waals surface area contributed by atoms with Crippen LogP contribution in [0.15, 0.2) is 28.7 Å². The maximum Gasteiger partial charge on any atom is 0.322 e. The summed E-state index contributed by atoms with van der Waals surface area (Å²) in [6.45, 7) is 3.83. The highest BCUT2D eigenvalue weighted by Gasteiger charge is 2.15. The first-order valence-corrected chi connectivity index (χ1v) is 7.18. The minimum absolute atomic E-state index is 0.198. The first-order chi connectivity index (χ1) is 10.7. The number of carbonyl (C=O) groups is 1. The zero-order valence-electron chi connectivity index (χ0n) is 13.2. The summed E-state index contributed by atoms with van der Waals surface area (Å²) in [7, 11) is 3.22. The van der Waals surface area contributed by atoms with E-state index in [9.17, 15) is 4.79 Å². The molecule has 1 heterocycles. The molecule has 0 aliphatic carbocycles. The minimum atomic E-state index is -0.198. The minimum Gasteiger partial charge on any atom is -0.459 e. The normalized spacial score (nSPS) is 10.9. The number of benzene rings is 1. The van der Waals surface area contributed by atoms with E-state index in [-0.39, 0.29) is 6.03 Å². The highest BCUT2D eigenvalue weighted by Crippen LogP contribution is 2.26. The van der Waals surface area contributed by atoms with Crippen LogP contribution >= 0.6 is 0 Å². The van der Waals surface area contributed by atoms with E-state index in [1.807, 2.05) is 31.2 Å². The van der Waals surface area contributed by atoms with E-state index in [2.05, 4.69) is 5.32 Å². The Bertz CT molecular complexity index is 616. The number of nitrogens with one attached hydrogen (secondary N) is 1. The number of furan rings is 1. The molecule has 22 heavy (non-hydrogen) atoms. The number of hydrogen-bond donors (Lipinski definition) is 1. The molecule has 6 nitrogen and oxygen atoms in total. The van der Waals surface area contributed by atoms with E-state index < -0.39 is 0 Å². The van der Waals surface area contributed by atoms with Gasteiger partial charge in [-0.25, -0.2) is 4.79 Å². The summed E-state index contributed by atoms with van der Waals surface area (Å²) >= 11 is 0. The van der Waals surface area contributed by atoms with Crippen LogP contribution in [0.5, 0.6) is 0 Å². The molecule has 6 heteroatoms. The van der Waals surface area contributed by atoms with Gasteiger partial charge in [-0.05, 0) is 19.1 Å². The summed E-state index contributed by atoms with van der Waals surface area (Å²) in [5.41, 5.74) is 1.35. The molecule has 2 rings (SSSR count). The van der Waals surface area contributed by atoms with Crippen LogP contribution in [0.1, 0.15) is 5.76 Å². The summed E-state index contributed by atoms with van der Waals surface area (Å²) in [5.74, 6) is 0.812. The van der Waals surface area contributed by atoms with Gasteiger partial charge >= 0.3 is 6.03 Å². The van der Waals surface area contributed by atoms with Gasteiger partial charge in [0.25, 0.3) is 0 Å². The monoisotopic (exact) mass is 306 g/mol. The number of hydrogen-bond acceptors (Lipinski definition) is 4. The summed E-state index contributed by atoms with van der Waals surface area (Å²) in [6, 6.07) is 7.42. The van der Waals surface area contributed by atoms with E-state index in [4.69, 9.17) is 13.9 Å². The number of para-hydroxylation sites is 1. The van der Waals surface area contributed by atoms with E-state index >= 15 is 0 Å². The van der Waals surface area contributed by atoms with Gasteiger partial charge in [0.1, 0.15) is 5.76 Å². The third-order valence-corrected chi connectivity index (χ3v) is 3.33. The molecule has 0 saturated carbocycles. The Hall–Kier alpha value is -2.05. The molecular formula is C16H22N2O4. The number of ether oxygens (including phenoxy) is 2. The average molecular weight is 306 g/mol. The molecule has 2 aromatic rings. The summed E-state index contributed by atoms with van der Waals surface area (Å²) in [4.78, 5) is 14.1. The second kappa shape index (κ2) is 7.82. The number of amides is 2. The highest BCUT2D eigenvalue weighted by atomic mass is 16.5. The number of methoxy groups -OCH3 is 2. The Kier molecular flexibility index (Phi) is 5.80. The molecule has 0 radical (unpaired) electrons. The van der Waals surface area contributed by atoms with Crippen LogP contribution in [0.25, 0.3) is 11.0 Å². The summed E-state index contributed by atoms with van der Waals surface area (Å²) in [5, 5.41) is 3.87. The SMILES string of the molecule is COCCN(CCOC)C(=O)Nc1cccc2cc(C)oc12. The van der Waals surface area contributed by atoms with Crippen LogP contribution in [0, 0.1) is 6.92 Å². The fourth-order valence-electron chi connectivity index (χ4n) is 2.20. The lowest BCUT2D eigenvalue weighted by Gasteiger charge is -2.22. The van der Waals surface area contributed by atoms with E-state index in [0.717, 1.165) is 11.1 Å². The largest absolute Gasteiger partial charge is 0.459 e. The molecule has 0 unspecified atom stereocenters. The van der Waals surface area contributed by atoms with Crippen LogP contribution in [0.2, 0.25) is 0 Å². The van der Waals surface area contributed by atoms with Crippen molar-refractivity contribution >= 4 is 22.7 Å². The number of rotatable bonds is 7. The van der Waals surface area contributed by atoms with Gasteiger partial charge in [0.2, 0.25) is 0 Å². The van der Waals surface area contributed by atoms with Crippen molar-refractivity contribution in [3.05, 3.63) is 30.0 Å². The molecule has 1 aromatic heterocycles. The Morgan fingerprint density at radius 2 is 1.91 bits per heavy atom. The van der Waals surface area contributed by atoms with Crippen molar-refractivity contribution < 1.29 is 18.7 Å².